The zero-order chi connectivity index (χ0) is 19.5. The molecule has 2 aromatic carbocycles. The summed E-state index contributed by atoms with van der Waals surface area (Å²) in [6.45, 7) is 0.0369. The molecule has 0 aromatic heterocycles. The van der Waals surface area contributed by atoms with Crippen molar-refractivity contribution in [3.8, 4) is 0 Å². The minimum Gasteiger partial charge on any atom is -0.394 e. The second kappa shape index (κ2) is 8.62. The van der Waals surface area contributed by atoms with E-state index in [-0.39, 0.29) is 18.0 Å². The lowest BCUT2D eigenvalue weighted by molar-refractivity contribution is 0.0519. The molecule has 0 saturated heterocycles. The molecular weight excluding hydrogens is 450 g/mol. The second-order valence-electron chi connectivity index (χ2n) is 7.04. The van der Waals surface area contributed by atoms with E-state index in [4.69, 9.17) is 11.6 Å². The molecule has 1 saturated carbocycles. The van der Waals surface area contributed by atoms with Gasteiger partial charge in [-0.2, -0.15) is 4.31 Å². The van der Waals surface area contributed by atoms with E-state index in [9.17, 15) is 13.5 Å². The molecule has 146 valence electrons. The molecule has 1 aliphatic rings. The fourth-order valence-corrected chi connectivity index (χ4v) is 5.89. The van der Waals surface area contributed by atoms with Gasteiger partial charge in [-0.1, -0.05) is 58.9 Å². The van der Waals surface area contributed by atoms with Crippen molar-refractivity contribution in [2.45, 2.75) is 49.1 Å². The number of rotatable bonds is 6. The van der Waals surface area contributed by atoms with Gasteiger partial charge in [0.05, 0.1) is 17.0 Å². The van der Waals surface area contributed by atoms with Crippen LogP contribution in [-0.2, 0) is 16.6 Å². The van der Waals surface area contributed by atoms with Gasteiger partial charge in [0.15, 0.2) is 0 Å². The standard InChI is InChI=1S/C20H23BrClNO3S/c21-17-6-4-16(5-7-17)14-23(20(15-24)12-2-1-3-13-20)27(25,26)19-10-8-18(22)9-11-19/h4-11,24H,1-3,12-15H2. The van der Waals surface area contributed by atoms with E-state index >= 15 is 0 Å². The van der Waals surface area contributed by atoms with Crippen LogP contribution in [0.3, 0.4) is 0 Å². The van der Waals surface area contributed by atoms with Gasteiger partial charge in [0.1, 0.15) is 0 Å². The highest BCUT2D eigenvalue weighted by molar-refractivity contribution is 9.10. The Hall–Kier alpha value is -0.920. The molecule has 0 bridgehead atoms. The van der Waals surface area contributed by atoms with Gasteiger partial charge >= 0.3 is 0 Å². The fourth-order valence-electron chi connectivity index (χ4n) is 3.69. The quantitative estimate of drug-likeness (QED) is 0.644. The van der Waals surface area contributed by atoms with Crippen LogP contribution >= 0.6 is 27.5 Å². The molecule has 0 radical (unpaired) electrons. The van der Waals surface area contributed by atoms with Crippen LogP contribution in [0.1, 0.15) is 37.7 Å². The molecule has 0 heterocycles. The van der Waals surface area contributed by atoms with E-state index in [0.29, 0.717) is 17.9 Å². The Morgan fingerprint density at radius 2 is 1.59 bits per heavy atom. The average Bonchev–Trinajstić information content (AvgIpc) is 2.68. The van der Waals surface area contributed by atoms with E-state index < -0.39 is 15.6 Å². The summed E-state index contributed by atoms with van der Waals surface area (Å²) in [7, 11) is -3.79. The first kappa shape index (κ1) is 20.8. The Kier molecular flexibility index (Phi) is 6.64. The van der Waals surface area contributed by atoms with Crippen molar-refractivity contribution in [2.24, 2.45) is 0 Å². The molecule has 27 heavy (non-hydrogen) atoms. The van der Waals surface area contributed by atoms with Gasteiger partial charge in [-0.05, 0) is 54.8 Å². The Morgan fingerprint density at radius 3 is 2.15 bits per heavy atom. The first-order valence-corrected chi connectivity index (χ1v) is 11.6. The van der Waals surface area contributed by atoms with E-state index in [0.717, 1.165) is 29.3 Å². The smallest absolute Gasteiger partial charge is 0.243 e. The summed E-state index contributed by atoms with van der Waals surface area (Å²) in [5.41, 5.74) is 0.109. The van der Waals surface area contributed by atoms with Crippen LogP contribution in [0.25, 0.3) is 0 Å². The molecule has 1 N–H and O–H groups in total. The maximum absolute atomic E-state index is 13.5. The van der Waals surface area contributed by atoms with E-state index in [1.807, 2.05) is 24.3 Å². The zero-order valence-corrected chi connectivity index (χ0v) is 18.1. The predicted molar refractivity (Wildman–Crippen MR) is 111 cm³/mol. The zero-order valence-electron chi connectivity index (χ0n) is 14.9. The number of hydrogen-bond acceptors (Lipinski definition) is 3. The average molecular weight is 473 g/mol. The highest BCUT2D eigenvalue weighted by atomic mass is 79.9. The number of aliphatic hydroxyl groups excluding tert-OH is 1. The maximum Gasteiger partial charge on any atom is 0.243 e. The highest BCUT2D eigenvalue weighted by Crippen LogP contribution is 2.38. The Morgan fingerprint density at radius 1 is 1.00 bits per heavy atom. The number of sulfonamides is 1. The normalized spacial score (nSPS) is 17.2. The van der Waals surface area contributed by atoms with Gasteiger partial charge in [0, 0.05) is 16.0 Å². The van der Waals surface area contributed by atoms with Crippen LogP contribution in [0.15, 0.2) is 57.9 Å². The van der Waals surface area contributed by atoms with Gasteiger partial charge in [0.25, 0.3) is 0 Å². The number of nitrogens with zero attached hydrogens (tertiary/aromatic N) is 1. The molecule has 0 atom stereocenters. The van der Waals surface area contributed by atoms with Gasteiger partial charge in [-0.3, -0.25) is 0 Å². The summed E-state index contributed by atoms with van der Waals surface area (Å²) in [5.74, 6) is 0. The van der Waals surface area contributed by atoms with E-state index in [2.05, 4.69) is 15.9 Å². The Labute approximate surface area is 174 Å². The van der Waals surface area contributed by atoms with Crippen LogP contribution < -0.4 is 0 Å². The molecule has 2 aromatic rings. The summed E-state index contributed by atoms with van der Waals surface area (Å²) >= 11 is 9.35. The monoisotopic (exact) mass is 471 g/mol. The van der Waals surface area contributed by atoms with Gasteiger partial charge < -0.3 is 5.11 Å². The molecule has 4 nitrogen and oxygen atoms in total. The maximum atomic E-state index is 13.5. The van der Waals surface area contributed by atoms with Crippen LogP contribution in [0.5, 0.6) is 0 Å². The van der Waals surface area contributed by atoms with Crippen molar-refractivity contribution < 1.29 is 13.5 Å². The van der Waals surface area contributed by atoms with Crippen molar-refractivity contribution in [2.75, 3.05) is 6.61 Å². The molecular formula is C20H23BrClNO3S. The van der Waals surface area contributed by atoms with Gasteiger partial charge in [-0.25, -0.2) is 8.42 Å². The second-order valence-corrected chi connectivity index (χ2v) is 10.2. The topological polar surface area (TPSA) is 57.6 Å². The summed E-state index contributed by atoms with van der Waals surface area (Å²) < 4.78 is 29.5. The summed E-state index contributed by atoms with van der Waals surface area (Å²) in [6.07, 6.45) is 4.20. The number of halogens is 2. The summed E-state index contributed by atoms with van der Waals surface area (Å²) in [4.78, 5) is 0.197. The van der Waals surface area contributed by atoms with Crippen LogP contribution in [0, 0.1) is 0 Å². The van der Waals surface area contributed by atoms with Crippen molar-refractivity contribution in [1.82, 2.24) is 4.31 Å². The fraction of sp³-hybridized carbons (Fsp3) is 0.400. The van der Waals surface area contributed by atoms with Crippen LogP contribution in [-0.4, -0.2) is 30.0 Å². The third-order valence-electron chi connectivity index (χ3n) is 5.25. The number of aliphatic hydroxyl groups is 1. The molecule has 0 amide bonds. The van der Waals surface area contributed by atoms with E-state index in [1.54, 1.807) is 12.1 Å². The summed E-state index contributed by atoms with van der Waals surface area (Å²) in [5, 5.41) is 10.7. The minimum absolute atomic E-state index is 0.184. The number of hydrogen-bond donors (Lipinski definition) is 1. The molecule has 7 heteroatoms. The Balaban J connectivity index is 2.05. The number of benzene rings is 2. The third-order valence-corrected chi connectivity index (χ3v) is 7.99. The van der Waals surface area contributed by atoms with Crippen LogP contribution in [0.4, 0.5) is 0 Å². The first-order valence-electron chi connectivity index (χ1n) is 9.01. The molecule has 1 aliphatic carbocycles. The lowest BCUT2D eigenvalue weighted by Gasteiger charge is -2.44. The third kappa shape index (κ3) is 4.57. The van der Waals surface area contributed by atoms with Crippen molar-refractivity contribution in [3.05, 3.63) is 63.6 Å². The highest BCUT2D eigenvalue weighted by Gasteiger charge is 2.44. The van der Waals surface area contributed by atoms with Gasteiger partial charge in [-0.15, -0.1) is 0 Å². The lowest BCUT2D eigenvalue weighted by Crippen LogP contribution is -2.54. The molecule has 1 fully saturated rings. The lowest BCUT2D eigenvalue weighted by atomic mass is 9.82. The molecule has 0 aliphatic heterocycles. The van der Waals surface area contributed by atoms with Crippen molar-refractivity contribution in [3.63, 3.8) is 0 Å². The largest absolute Gasteiger partial charge is 0.394 e. The van der Waals surface area contributed by atoms with Crippen molar-refractivity contribution in [1.29, 1.82) is 0 Å². The molecule has 0 unspecified atom stereocenters. The first-order chi connectivity index (χ1) is 12.9. The van der Waals surface area contributed by atoms with Crippen LogP contribution in [0.2, 0.25) is 5.02 Å². The molecule has 0 spiro atoms. The minimum atomic E-state index is -3.79. The SMILES string of the molecule is O=S(=O)(c1ccc(Cl)cc1)N(Cc1ccc(Br)cc1)C1(CO)CCCCC1. The summed E-state index contributed by atoms with van der Waals surface area (Å²) in [6, 6.07) is 13.8. The Bertz CT molecular complexity index is 863. The van der Waals surface area contributed by atoms with Gasteiger partial charge in [0.2, 0.25) is 10.0 Å². The molecule has 3 rings (SSSR count). The van der Waals surface area contributed by atoms with E-state index in [1.165, 1.54) is 16.4 Å². The van der Waals surface area contributed by atoms with Crippen molar-refractivity contribution >= 4 is 37.6 Å². The predicted octanol–water partition coefficient (Wildman–Crippen LogP) is 4.99.